The maximum absolute atomic E-state index is 12.2. The molecule has 0 aromatic heterocycles. The van der Waals surface area contributed by atoms with Gasteiger partial charge in [0.1, 0.15) is 0 Å². The summed E-state index contributed by atoms with van der Waals surface area (Å²) in [4.78, 5) is 2.19. The van der Waals surface area contributed by atoms with Crippen LogP contribution >= 0.6 is 23.2 Å². The fourth-order valence-electron chi connectivity index (χ4n) is 2.53. The molecule has 1 aliphatic rings. The number of piperazine rings is 1. The Hall–Kier alpha value is -0.330. The van der Waals surface area contributed by atoms with Crippen LogP contribution < -0.4 is 0 Å². The predicted octanol–water partition coefficient (Wildman–Crippen LogP) is 3.24. The van der Waals surface area contributed by atoms with Crippen molar-refractivity contribution in [1.82, 2.24) is 9.21 Å². The second kappa shape index (κ2) is 7.97. The zero-order valence-electron chi connectivity index (χ0n) is 12.8. The molecule has 0 N–H and O–H groups in total. The van der Waals surface area contributed by atoms with Crippen LogP contribution in [0.15, 0.2) is 18.2 Å². The Morgan fingerprint density at radius 2 is 1.68 bits per heavy atom. The summed E-state index contributed by atoms with van der Waals surface area (Å²) in [5.74, 6) is 0.250. The van der Waals surface area contributed by atoms with Gasteiger partial charge in [0.25, 0.3) is 0 Å². The van der Waals surface area contributed by atoms with Gasteiger partial charge in [-0.1, -0.05) is 42.6 Å². The molecular weight excluding hydrogens is 343 g/mol. The molecule has 0 saturated carbocycles. The topological polar surface area (TPSA) is 40.6 Å². The van der Waals surface area contributed by atoms with Crippen molar-refractivity contribution in [2.24, 2.45) is 0 Å². The lowest BCUT2D eigenvalue weighted by atomic mass is 10.2. The van der Waals surface area contributed by atoms with Crippen LogP contribution in [0.5, 0.6) is 0 Å². The number of hydrogen-bond donors (Lipinski definition) is 0. The summed E-state index contributed by atoms with van der Waals surface area (Å²) in [6.07, 6.45) is 1.61. The number of unbranched alkanes of at least 4 members (excludes halogenated alkanes) is 1. The molecule has 124 valence electrons. The molecule has 4 nitrogen and oxygen atoms in total. The van der Waals surface area contributed by atoms with Crippen LogP contribution in [-0.2, 0) is 16.6 Å². The maximum Gasteiger partial charge on any atom is 0.214 e. The monoisotopic (exact) mass is 364 g/mol. The second-order valence-electron chi connectivity index (χ2n) is 5.54. The SMILES string of the molecule is CCCCS(=O)(=O)N1CCN(Cc2c(Cl)cccc2Cl)CC1. The molecule has 1 aromatic rings. The fourth-order valence-corrected chi connectivity index (χ4v) is 4.68. The van der Waals surface area contributed by atoms with E-state index in [-0.39, 0.29) is 5.75 Å². The van der Waals surface area contributed by atoms with E-state index in [1.807, 2.05) is 25.1 Å². The normalized spacial score (nSPS) is 17.8. The van der Waals surface area contributed by atoms with Crippen molar-refractivity contribution in [3.05, 3.63) is 33.8 Å². The van der Waals surface area contributed by atoms with Crippen molar-refractivity contribution in [2.45, 2.75) is 26.3 Å². The van der Waals surface area contributed by atoms with Crippen molar-refractivity contribution < 1.29 is 8.42 Å². The average molecular weight is 365 g/mol. The third kappa shape index (κ3) is 4.59. The molecule has 1 heterocycles. The van der Waals surface area contributed by atoms with Crippen molar-refractivity contribution in [3.63, 3.8) is 0 Å². The molecule has 7 heteroatoms. The van der Waals surface area contributed by atoms with E-state index < -0.39 is 10.0 Å². The van der Waals surface area contributed by atoms with E-state index in [0.717, 1.165) is 18.4 Å². The summed E-state index contributed by atoms with van der Waals surface area (Å²) in [6, 6.07) is 5.48. The molecule has 0 bridgehead atoms. The molecular formula is C15H22Cl2N2O2S. The Morgan fingerprint density at radius 3 is 2.23 bits per heavy atom. The summed E-state index contributed by atoms with van der Waals surface area (Å²) in [5.41, 5.74) is 0.910. The Bertz CT molecular complexity index is 579. The molecule has 0 amide bonds. The van der Waals surface area contributed by atoms with Crippen molar-refractivity contribution in [2.75, 3.05) is 31.9 Å². The summed E-state index contributed by atoms with van der Waals surface area (Å²) < 4.78 is 26.0. The first-order valence-electron chi connectivity index (χ1n) is 7.57. The Morgan fingerprint density at radius 1 is 1.09 bits per heavy atom. The van der Waals surface area contributed by atoms with Crippen molar-refractivity contribution >= 4 is 33.2 Å². The molecule has 1 saturated heterocycles. The summed E-state index contributed by atoms with van der Waals surface area (Å²) >= 11 is 12.4. The van der Waals surface area contributed by atoms with Gasteiger partial charge in [0, 0.05) is 48.3 Å². The first kappa shape index (κ1) is 18.0. The highest BCUT2D eigenvalue weighted by Crippen LogP contribution is 2.26. The molecule has 1 fully saturated rings. The first-order valence-corrected chi connectivity index (χ1v) is 9.93. The predicted molar refractivity (Wildman–Crippen MR) is 92.0 cm³/mol. The lowest BCUT2D eigenvalue weighted by Gasteiger charge is -2.34. The Kier molecular flexibility index (Phi) is 6.53. The van der Waals surface area contributed by atoms with Gasteiger partial charge in [-0.15, -0.1) is 0 Å². The lowest BCUT2D eigenvalue weighted by Crippen LogP contribution is -2.48. The Labute approximate surface area is 143 Å². The highest BCUT2D eigenvalue weighted by molar-refractivity contribution is 7.89. The first-order chi connectivity index (χ1) is 10.4. The van der Waals surface area contributed by atoms with Gasteiger partial charge in [0.15, 0.2) is 0 Å². The smallest absolute Gasteiger partial charge is 0.214 e. The van der Waals surface area contributed by atoms with E-state index in [9.17, 15) is 8.42 Å². The highest BCUT2D eigenvalue weighted by atomic mass is 35.5. The fraction of sp³-hybridized carbons (Fsp3) is 0.600. The molecule has 22 heavy (non-hydrogen) atoms. The largest absolute Gasteiger partial charge is 0.296 e. The van der Waals surface area contributed by atoms with Gasteiger partial charge >= 0.3 is 0 Å². The molecule has 1 aliphatic heterocycles. The molecule has 0 unspecified atom stereocenters. The molecule has 1 aromatic carbocycles. The van der Waals surface area contributed by atoms with E-state index in [4.69, 9.17) is 23.2 Å². The minimum Gasteiger partial charge on any atom is -0.296 e. The van der Waals surface area contributed by atoms with Gasteiger partial charge in [-0.25, -0.2) is 8.42 Å². The summed E-state index contributed by atoms with van der Waals surface area (Å²) in [6.45, 7) is 5.13. The number of sulfonamides is 1. The zero-order valence-corrected chi connectivity index (χ0v) is 15.1. The van der Waals surface area contributed by atoms with E-state index in [1.54, 1.807) is 4.31 Å². The van der Waals surface area contributed by atoms with Gasteiger partial charge in [0.2, 0.25) is 10.0 Å². The maximum atomic E-state index is 12.2. The van der Waals surface area contributed by atoms with E-state index in [0.29, 0.717) is 42.8 Å². The minimum absolute atomic E-state index is 0.250. The molecule has 2 rings (SSSR count). The van der Waals surface area contributed by atoms with Gasteiger partial charge in [-0.3, -0.25) is 4.90 Å². The minimum atomic E-state index is -3.10. The standard InChI is InChI=1S/C15H22Cl2N2O2S/c1-2-3-11-22(20,21)19-9-7-18(8-10-19)12-13-14(16)5-4-6-15(13)17/h4-6H,2-3,7-12H2,1H3. The van der Waals surface area contributed by atoms with Crippen molar-refractivity contribution in [3.8, 4) is 0 Å². The number of nitrogens with zero attached hydrogens (tertiary/aromatic N) is 2. The number of rotatable bonds is 6. The van der Waals surface area contributed by atoms with Crippen LogP contribution in [0.3, 0.4) is 0 Å². The third-order valence-corrected chi connectivity index (χ3v) is 6.59. The van der Waals surface area contributed by atoms with Crippen LogP contribution in [0.1, 0.15) is 25.3 Å². The molecule has 0 atom stereocenters. The highest BCUT2D eigenvalue weighted by Gasteiger charge is 2.26. The van der Waals surface area contributed by atoms with Crippen LogP contribution in [0.4, 0.5) is 0 Å². The Balaban J connectivity index is 1.93. The molecule has 0 radical (unpaired) electrons. The summed E-state index contributed by atoms with van der Waals surface area (Å²) in [5, 5.41) is 1.32. The molecule has 0 spiro atoms. The van der Waals surface area contributed by atoms with Crippen LogP contribution in [0, 0.1) is 0 Å². The van der Waals surface area contributed by atoms with E-state index in [1.165, 1.54) is 0 Å². The zero-order chi connectivity index (χ0) is 16.2. The lowest BCUT2D eigenvalue weighted by molar-refractivity contribution is 0.181. The number of benzene rings is 1. The van der Waals surface area contributed by atoms with Crippen LogP contribution in [0.2, 0.25) is 10.0 Å². The van der Waals surface area contributed by atoms with E-state index in [2.05, 4.69) is 4.90 Å². The average Bonchev–Trinajstić information content (AvgIpc) is 2.50. The third-order valence-electron chi connectivity index (χ3n) is 3.92. The molecule has 0 aliphatic carbocycles. The second-order valence-corrected chi connectivity index (χ2v) is 8.45. The van der Waals surface area contributed by atoms with Crippen molar-refractivity contribution in [1.29, 1.82) is 0 Å². The van der Waals surface area contributed by atoms with Gasteiger partial charge in [-0.2, -0.15) is 4.31 Å². The van der Waals surface area contributed by atoms with Gasteiger partial charge < -0.3 is 0 Å². The number of halogens is 2. The van der Waals surface area contributed by atoms with Gasteiger partial charge in [-0.05, 0) is 18.6 Å². The van der Waals surface area contributed by atoms with Crippen LogP contribution in [-0.4, -0.2) is 49.6 Å². The number of hydrogen-bond acceptors (Lipinski definition) is 3. The summed E-state index contributed by atoms with van der Waals surface area (Å²) in [7, 11) is -3.10. The quantitative estimate of drug-likeness (QED) is 0.777. The van der Waals surface area contributed by atoms with Gasteiger partial charge in [0.05, 0.1) is 5.75 Å². The van der Waals surface area contributed by atoms with E-state index >= 15 is 0 Å². The van der Waals surface area contributed by atoms with Crippen LogP contribution in [0.25, 0.3) is 0 Å².